The van der Waals surface area contributed by atoms with Gasteiger partial charge in [0.1, 0.15) is 5.75 Å². The number of aryl methyl sites for hydroxylation is 1. The van der Waals surface area contributed by atoms with Gasteiger partial charge in [0.2, 0.25) is 0 Å². The summed E-state index contributed by atoms with van der Waals surface area (Å²) in [6.45, 7) is 5.13. The summed E-state index contributed by atoms with van der Waals surface area (Å²) in [7, 11) is 5.69. The summed E-state index contributed by atoms with van der Waals surface area (Å²) in [6.07, 6.45) is 8.54. The molecule has 142 valence electrons. The van der Waals surface area contributed by atoms with E-state index in [0.29, 0.717) is 0 Å². The Labute approximate surface area is 156 Å². The molecule has 1 aromatic rings. The molecular formula is C20H31N5O. The van der Waals surface area contributed by atoms with Crippen LogP contribution in [-0.4, -0.2) is 51.5 Å². The summed E-state index contributed by atoms with van der Waals surface area (Å²) in [6, 6.07) is 2.23. The Morgan fingerprint density at radius 2 is 2.12 bits per heavy atom. The average Bonchev–Trinajstić information content (AvgIpc) is 2.65. The van der Waals surface area contributed by atoms with Crippen molar-refractivity contribution in [3.05, 3.63) is 29.6 Å². The summed E-state index contributed by atoms with van der Waals surface area (Å²) in [5, 5.41) is 7.59. The molecule has 2 aliphatic rings. The van der Waals surface area contributed by atoms with Crippen LogP contribution in [0.15, 0.2) is 23.6 Å². The molecule has 6 heteroatoms. The standard InChI is InChI=1S/C20H31N5O/c1-15(14-24(3)12-9-21-2)22-23-18-13-16-7-5-10-25-11-6-8-17(19(16)25)20(18)26-4/h9,12-13,21,23H,5-8,10-11,14H2,1-4H3/b12-9-,22-15+. The number of rotatable bonds is 7. The van der Waals surface area contributed by atoms with E-state index in [9.17, 15) is 0 Å². The fourth-order valence-electron chi connectivity index (χ4n) is 3.95. The molecule has 0 unspecified atom stereocenters. The van der Waals surface area contributed by atoms with Gasteiger partial charge in [0.05, 0.1) is 25.1 Å². The molecule has 0 radical (unpaired) electrons. The Morgan fingerprint density at radius 3 is 2.85 bits per heavy atom. The lowest BCUT2D eigenvalue weighted by Gasteiger charge is -2.38. The third kappa shape index (κ3) is 3.89. The van der Waals surface area contributed by atoms with Crippen LogP contribution < -0.4 is 20.4 Å². The highest BCUT2D eigenvalue weighted by Crippen LogP contribution is 2.44. The van der Waals surface area contributed by atoms with Crippen LogP contribution in [0.1, 0.15) is 30.9 Å². The molecule has 0 aromatic heterocycles. The Kier molecular flexibility index (Phi) is 5.91. The molecule has 0 amide bonds. The van der Waals surface area contributed by atoms with E-state index in [1.807, 2.05) is 33.4 Å². The number of benzene rings is 1. The van der Waals surface area contributed by atoms with Crippen molar-refractivity contribution in [3.63, 3.8) is 0 Å². The lowest BCUT2D eigenvalue weighted by Crippen LogP contribution is -2.34. The van der Waals surface area contributed by atoms with Gasteiger partial charge in [-0.2, -0.15) is 5.10 Å². The van der Waals surface area contributed by atoms with Crippen molar-refractivity contribution in [1.29, 1.82) is 0 Å². The molecule has 0 saturated heterocycles. The second kappa shape index (κ2) is 8.34. The summed E-state index contributed by atoms with van der Waals surface area (Å²) in [5.74, 6) is 0.954. The molecule has 0 fully saturated rings. The molecule has 6 nitrogen and oxygen atoms in total. The Hall–Kier alpha value is -2.37. The van der Waals surface area contributed by atoms with E-state index in [-0.39, 0.29) is 0 Å². The monoisotopic (exact) mass is 357 g/mol. The predicted octanol–water partition coefficient (Wildman–Crippen LogP) is 2.80. The number of hydrazone groups is 1. The van der Waals surface area contributed by atoms with E-state index in [4.69, 9.17) is 4.74 Å². The smallest absolute Gasteiger partial charge is 0.149 e. The topological polar surface area (TPSA) is 52.1 Å². The first-order valence-electron chi connectivity index (χ1n) is 9.45. The summed E-state index contributed by atoms with van der Waals surface area (Å²) in [5.41, 5.74) is 9.46. The van der Waals surface area contributed by atoms with Crippen LogP contribution in [0, 0.1) is 0 Å². The largest absolute Gasteiger partial charge is 0.494 e. The number of methoxy groups -OCH3 is 1. The molecule has 2 aliphatic heterocycles. The minimum Gasteiger partial charge on any atom is -0.494 e. The normalized spacial score (nSPS) is 16.5. The van der Waals surface area contributed by atoms with E-state index >= 15 is 0 Å². The van der Waals surface area contributed by atoms with Crippen molar-refractivity contribution in [2.24, 2.45) is 5.10 Å². The third-order valence-electron chi connectivity index (χ3n) is 5.02. The number of hydrogen-bond acceptors (Lipinski definition) is 6. The minimum absolute atomic E-state index is 0.763. The van der Waals surface area contributed by atoms with Crippen LogP contribution in [0.4, 0.5) is 11.4 Å². The van der Waals surface area contributed by atoms with Crippen molar-refractivity contribution in [2.75, 3.05) is 51.2 Å². The molecule has 0 aliphatic carbocycles. The van der Waals surface area contributed by atoms with Gasteiger partial charge in [-0.3, -0.25) is 5.43 Å². The Morgan fingerprint density at radius 1 is 1.35 bits per heavy atom. The first-order chi connectivity index (χ1) is 12.6. The van der Waals surface area contributed by atoms with E-state index in [2.05, 4.69) is 31.7 Å². The lowest BCUT2D eigenvalue weighted by atomic mass is 9.90. The Balaban J connectivity index is 1.82. The van der Waals surface area contributed by atoms with Crippen molar-refractivity contribution >= 4 is 17.1 Å². The molecule has 3 rings (SSSR count). The van der Waals surface area contributed by atoms with Crippen molar-refractivity contribution < 1.29 is 4.74 Å². The van der Waals surface area contributed by atoms with Crippen LogP contribution in [0.2, 0.25) is 0 Å². The maximum absolute atomic E-state index is 5.79. The van der Waals surface area contributed by atoms with Gasteiger partial charge in [-0.15, -0.1) is 0 Å². The zero-order chi connectivity index (χ0) is 18.5. The van der Waals surface area contributed by atoms with Gasteiger partial charge in [0, 0.05) is 50.8 Å². The molecule has 26 heavy (non-hydrogen) atoms. The number of ether oxygens (including phenoxy) is 1. The predicted molar refractivity (Wildman–Crippen MR) is 109 cm³/mol. The highest BCUT2D eigenvalue weighted by molar-refractivity contribution is 5.85. The molecule has 1 aromatic carbocycles. The molecule has 0 atom stereocenters. The van der Waals surface area contributed by atoms with Crippen molar-refractivity contribution in [2.45, 2.75) is 32.6 Å². The van der Waals surface area contributed by atoms with Crippen LogP contribution in [-0.2, 0) is 12.8 Å². The van der Waals surface area contributed by atoms with Crippen molar-refractivity contribution in [3.8, 4) is 5.75 Å². The molecule has 0 saturated carbocycles. The van der Waals surface area contributed by atoms with E-state index in [0.717, 1.165) is 36.5 Å². The van der Waals surface area contributed by atoms with E-state index in [1.54, 1.807) is 7.11 Å². The highest BCUT2D eigenvalue weighted by Gasteiger charge is 2.28. The summed E-state index contributed by atoms with van der Waals surface area (Å²) >= 11 is 0. The number of nitrogens with zero attached hydrogens (tertiary/aromatic N) is 3. The van der Waals surface area contributed by atoms with Gasteiger partial charge in [-0.25, -0.2) is 0 Å². The first kappa shape index (κ1) is 18.4. The Bertz CT molecular complexity index is 696. The van der Waals surface area contributed by atoms with Gasteiger partial charge < -0.3 is 19.9 Å². The average molecular weight is 358 g/mol. The van der Waals surface area contributed by atoms with Gasteiger partial charge in [0.15, 0.2) is 0 Å². The highest BCUT2D eigenvalue weighted by atomic mass is 16.5. The van der Waals surface area contributed by atoms with Crippen LogP contribution >= 0.6 is 0 Å². The SMILES string of the molecule is CN/C=C\N(C)C/C(C)=N/Nc1cc2c3c(c1OC)CCCN3CCC2. The lowest BCUT2D eigenvalue weighted by molar-refractivity contribution is 0.408. The zero-order valence-electron chi connectivity index (χ0n) is 16.4. The van der Waals surface area contributed by atoms with Gasteiger partial charge in [-0.1, -0.05) is 0 Å². The maximum atomic E-state index is 5.79. The third-order valence-corrected chi connectivity index (χ3v) is 5.02. The molecule has 0 spiro atoms. The quantitative estimate of drug-likeness (QED) is 0.581. The van der Waals surface area contributed by atoms with E-state index in [1.165, 1.54) is 42.7 Å². The number of anilines is 2. The van der Waals surface area contributed by atoms with Crippen molar-refractivity contribution in [1.82, 2.24) is 10.2 Å². The number of hydrogen-bond donors (Lipinski definition) is 2. The van der Waals surface area contributed by atoms with Crippen LogP contribution in [0.25, 0.3) is 0 Å². The van der Waals surface area contributed by atoms with Gasteiger partial charge >= 0.3 is 0 Å². The molecule has 2 N–H and O–H groups in total. The summed E-state index contributed by atoms with van der Waals surface area (Å²) in [4.78, 5) is 4.62. The summed E-state index contributed by atoms with van der Waals surface area (Å²) < 4.78 is 5.79. The number of nitrogens with one attached hydrogen (secondary N) is 2. The van der Waals surface area contributed by atoms with Crippen LogP contribution in [0.3, 0.4) is 0 Å². The molecule has 0 bridgehead atoms. The van der Waals surface area contributed by atoms with E-state index < -0.39 is 0 Å². The second-order valence-electron chi connectivity index (χ2n) is 7.12. The molecule has 2 heterocycles. The maximum Gasteiger partial charge on any atom is 0.149 e. The fraction of sp³-hybridized carbons (Fsp3) is 0.550. The zero-order valence-corrected chi connectivity index (χ0v) is 16.4. The fourth-order valence-corrected chi connectivity index (χ4v) is 3.95. The van der Waals surface area contributed by atoms with Gasteiger partial charge in [0.25, 0.3) is 0 Å². The minimum atomic E-state index is 0.763. The van der Waals surface area contributed by atoms with Crippen LogP contribution in [0.5, 0.6) is 5.75 Å². The van der Waals surface area contributed by atoms with Gasteiger partial charge in [-0.05, 0) is 44.2 Å². The molecular weight excluding hydrogens is 326 g/mol. The second-order valence-corrected chi connectivity index (χ2v) is 7.12. The first-order valence-corrected chi connectivity index (χ1v) is 9.45.